The molecule has 1 unspecified atom stereocenters. The average Bonchev–Trinajstić information content (AvgIpc) is 2.99. The molecule has 2 aromatic rings. The summed E-state index contributed by atoms with van der Waals surface area (Å²) in [5, 5.41) is 2.58. The lowest BCUT2D eigenvalue weighted by molar-refractivity contribution is -0.143. The molecule has 1 aromatic carbocycles. The van der Waals surface area contributed by atoms with Gasteiger partial charge in [-0.1, -0.05) is 30.3 Å². The fourth-order valence-electron chi connectivity index (χ4n) is 1.65. The molecule has 0 aliphatic carbocycles. The number of hydrogen-bond donors (Lipinski definition) is 1. The smallest absolute Gasteiger partial charge is 0.333 e. The number of nitrogens with one attached hydrogen (secondary N) is 1. The summed E-state index contributed by atoms with van der Waals surface area (Å²) in [4.78, 5) is 23.6. The van der Waals surface area contributed by atoms with Crippen LogP contribution in [0.4, 0.5) is 0 Å². The molecule has 0 radical (unpaired) electrons. The molecule has 1 atom stereocenters. The van der Waals surface area contributed by atoms with Gasteiger partial charge in [0.1, 0.15) is 0 Å². The average molecular weight is 259 g/mol. The minimum atomic E-state index is -0.858. The molecule has 98 valence electrons. The van der Waals surface area contributed by atoms with Gasteiger partial charge < -0.3 is 14.5 Å². The lowest BCUT2D eigenvalue weighted by atomic mass is 10.1. The molecular formula is C14H13NO4. The van der Waals surface area contributed by atoms with Crippen LogP contribution in [0.2, 0.25) is 0 Å². The van der Waals surface area contributed by atoms with Crippen LogP contribution in [0.15, 0.2) is 53.1 Å². The zero-order chi connectivity index (χ0) is 13.7. The van der Waals surface area contributed by atoms with E-state index in [1.165, 1.54) is 19.4 Å². The Morgan fingerprint density at radius 3 is 2.47 bits per heavy atom. The molecule has 19 heavy (non-hydrogen) atoms. The number of esters is 1. The summed E-state index contributed by atoms with van der Waals surface area (Å²) >= 11 is 0. The summed E-state index contributed by atoms with van der Waals surface area (Å²) in [5.74, 6) is -0.861. The van der Waals surface area contributed by atoms with Gasteiger partial charge in [-0.15, -0.1) is 0 Å². The maximum atomic E-state index is 11.9. The van der Waals surface area contributed by atoms with E-state index in [-0.39, 0.29) is 5.76 Å². The zero-order valence-corrected chi connectivity index (χ0v) is 10.3. The second kappa shape index (κ2) is 5.86. The summed E-state index contributed by atoms with van der Waals surface area (Å²) in [7, 11) is 1.28. The predicted molar refractivity (Wildman–Crippen MR) is 67.4 cm³/mol. The number of amides is 1. The van der Waals surface area contributed by atoms with Crippen molar-refractivity contribution in [1.82, 2.24) is 5.32 Å². The molecule has 0 saturated heterocycles. The number of furan rings is 1. The van der Waals surface area contributed by atoms with Crippen LogP contribution in [-0.2, 0) is 9.53 Å². The lowest BCUT2D eigenvalue weighted by Gasteiger charge is -2.15. The van der Waals surface area contributed by atoms with Crippen molar-refractivity contribution in [3.05, 3.63) is 60.1 Å². The number of hydrogen-bond acceptors (Lipinski definition) is 4. The number of carbonyl (C=O) groups excluding carboxylic acids is 2. The topological polar surface area (TPSA) is 68.5 Å². The molecule has 5 nitrogen and oxygen atoms in total. The third-order valence-electron chi connectivity index (χ3n) is 2.59. The molecule has 0 saturated carbocycles. The van der Waals surface area contributed by atoms with E-state index < -0.39 is 17.9 Å². The Bertz CT molecular complexity index is 548. The maximum absolute atomic E-state index is 11.9. The molecule has 1 N–H and O–H groups in total. The third kappa shape index (κ3) is 3.01. The van der Waals surface area contributed by atoms with E-state index in [9.17, 15) is 9.59 Å². The van der Waals surface area contributed by atoms with Crippen molar-refractivity contribution in [1.29, 1.82) is 0 Å². The van der Waals surface area contributed by atoms with E-state index in [4.69, 9.17) is 9.15 Å². The highest BCUT2D eigenvalue weighted by molar-refractivity contribution is 5.94. The molecule has 1 amide bonds. The summed E-state index contributed by atoms with van der Waals surface area (Å²) < 4.78 is 9.68. The molecule has 1 heterocycles. The Balaban J connectivity index is 2.20. The molecule has 5 heteroatoms. The van der Waals surface area contributed by atoms with Crippen molar-refractivity contribution < 1.29 is 18.7 Å². The molecule has 0 fully saturated rings. The van der Waals surface area contributed by atoms with Gasteiger partial charge in [0.15, 0.2) is 11.8 Å². The number of ether oxygens (including phenoxy) is 1. The summed E-state index contributed by atoms with van der Waals surface area (Å²) in [6, 6.07) is 11.1. The number of benzene rings is 1. The van der Waals surface area contributed by atoms with Crippen molar-refractivity contribution in [2.75, 3.05) is 7.11 Å². The zero-order valence-electron chi connectivity index (χ0n) is 10.3. The van der Waals surface area contributed by atoms with Crippen LogP contribution in [0.1, 0.15) is 22.2 Å². The monoisotopic (exact) mass is 259 g/mol. The largest absolute Gasteiger partial charge is 0.467 e. The molecular weight excluding hydrogens is 246 g/mol. The minimum absolute atomic E-state index is 0.143. The van der Waals surface area contributed by atoms with Gasteiger partial charge in [-0.2, -0.15) is 0 Å². The van der Waals surface area contributed by atoms with Crippen molar-refractivity contribution in [3.8, 4) is 0 Å². The summed E-state index contributed by atoms with van der Waals surface area (Å²) in [6.07, 6.45) is 1.39. The van der Waals surface area contributed by atoms with E-state index in [1.54, 1.807) is 30.3 Å². The van der Waals surface area contributed by atoms with Crippen LogP contribution >= 0.6 is 0 Å². The van der Waals surface area contributed by atoms with Gasteiger partial charge in [0.2, 0.25) is 0 Å². The lowest BCUT2D eigenvalue weighted by Crippen LogP contribution is -2.34. The predicted octanol–water partition coefficient (Wildman–Crippen LogP) is 1.92. The standard InChI is InChI=1S/C14H13NO4/c1-18-14(17)12(10-6-3-2-4-7-10)15-13(16)11-8-5-9-19-11/h2-9,12H,1H3,(H,15,16). The van der Waals surface area contributed by atoms with Gasteiger partial charge in [0.05, 0.1) is 13.4 Å². The highest BCUT2D eigenvalue weighted by atomic mass is 16.5. The van der Waals surface area contributed by atoms with E-state index in [0.29, 0.717) is 5.56 Å². The fourth-order valence-corrected chi connectivity index (χ4v) is 1.65. The Hall–Kier alpha value is -2.56. The molecule has 0 aliphatic heterocycles. The highest BCUT2D eigenvalue weighted by Gasteiger charge is 2.24. The molecule has 0 spiro atoms. The van der Waals surface area contributed by atoms with Gasteiger partial charge in [-0.05, 0) is 17.7 Å². The first-order valence-corrected chi connectivity index (χ1v) is 5.69. The number of carbonyl (C=O) groups is 2. The molecule has 0 aliphatic rings. The van der Waals surface area contributed by atoms with Crippen molar-refractivity contribution in [3.63, 3.8) is 0 Å². The Kier molecular flexibility index (Phi) is 3.97. The van der Waals surface area contributed by atoms with Crippen molar-refractivity contribution in [2.24, 2.45) is 0 Å². The van der Waals surface area contributed by atoms with E-state index >= 15 is 0 Å². The minimum Gasteiger partial charge on any atom is -0.467 e. The second-order valence-corrected chi connectivity index (χ2v) is 3.82. The first-order valence-electron chi connectivity index (χ1n) is 5.69. The SMILES string of the molecule is COC(=O)C(NC(=O)c1ccco1)c1ccccc1. The summed E-state index contributed by atoms with van der Waals surface area (Å²) in [6.45, 7) is 0. The normalized spacial score (nSPS) is 11.6. The van der Waals surface area contributed by atoms with E-state index in [2.05, 4.69) is 5.32 Å². The van der Waals surface area contributed by atoms with Crippen LogP contribution in [0.3, 0.4) is 0 Å². The van der Waals surface area contributed by atoms with E-state index in [1.807, 2.05) is 6.07 Å². The van der Waals surface area contributed by atoms with Gasteiger partial charge in [-0.3, -0.25) is 4.79 Å². The Morgan fingerprint density at radius 2 is 1.89 bits per heavy atom. The highest BCUT2D eigenvalue weighted by Crippen LogP contribution is 2.15. The van der Waals surface area contributed by atoms with Crippen molar-refractivity contribution in [2.45, 2.75) is 6.04 Å². The summed E-state index contributed by atoms with van der Waals surface area (Å²) in [5.41, 5.74) is 0.647. The van der Waals surface area contributed by atoms with Crippen LogP contribution in [-0.4, -0.2) is 19.0 Å². The van der Waals surface area contributed by atoms with Crippen LogP contribution in [0.5, 0.6) is 0 Å². The van der Waals surface area contributed by atoms with E-state index in [0.717, 1.165) is 0 Å². The second-order valence-electron chi connectivity index (χ2n) is 3.82. The maximum Gasteiger partial charge on any atom is 0.333 e. The number of rotatable bonds is 4. The van der Waals surface area contributed by atoms with Gasteiger partial charge in [0, 0.05) is 0 Å². The van der Waals surface area contributed by atoms with Crippen LogP contribution in [0, 0.1) is 0 Å². The Morgan fingerprint density at radius 1 is 1.16 bits per heavy atom. The quantitative estimate of drug-likeness (QED) is 0.852. The Labute approximate surface area is 110 Å². The van der Waals surface area contributed by atoms with Gasteiger partial charge in [0.25, 0.3) is 5.91 Å². The fraction of sp³-hybridized carbons (Fsp3) is 0.143. The molecule has 0 bridgehead atoms. The first kappa shape index (κ1) is 12.9. The molecule has 2 rings (SSSR count). The number of methoxy groups -OCH3 is 1. The van der Waals surface area contributed by atoms with Gasteiger partial charge >= 0.3 is 5.97 Å². The van der Waals surface area contributed by atoms with Crippen LogP contribution < -0.4 is 5.32 Å². The van der Waals surface area contributed by atoms with Crippen molar-refractivity contribution >= 4 is 11.9 Å². The first-order chi connectivity index (χ1) is 9.22. The third-order valence-corrected chi connectivity index (χ3v) is 2.59. The van der Waals surface area contributed by atoms with Crippen LogP contribution in [0.25, 0.3) is 0 Å². The van der Waals surface area contributed by atoms with Gasteiger partial charge in [-0.25, -0.2) is 4.79 Å². The molecule has 1 aromatic heterocycles.